The van der Waals surface area contributed by atoms with Crippen molar-refractivity contribution in [3.8, 4) is 0 Å². The normalized spacial score (nSPS) is 12.6. The Morgan fingerprint density at radius 1 is 1.06 bits per heavy atom. The van der Waals surface area contributed by atoms with Crippen LogP contribution in [0.1, 0.15) is 31.9 Å². The van der Waals surface area contributed by atoms with Gasteiger partial charge in [-0.05, 0) is 16.5 Å². The lowest BCUT2D eigenvalue weighted by Gasteiger charge is -2.19. The zero-order valence-corrected chi connectivity index (χ0v) is 10.1. The van der Waals surface area contributed by atoms with Crippen LogP contribution in [0.4, 0.5) is 13.2 Å². The number of carbonyl (C=O) groups is 1. The molecule has 4 heteroatoms. The second-order valence-corrected chi connectivity index (χ2v) is 5.04. The van der Waals surface area contributed by atoms with Crippen LogP contribution in [0.25, 0.3) is 0 Å². The number of Topliss-reactive ketones (excluding diaryl/α,β-unsaturated/α-hetero) is 1. The number of rotatable bonds is 2. The molecule has 1 aromatic carbocycles. The van der Waals surface area contributed by atoms with Crippen LogP contribution in [-0.2, 0) is 16.6 Å². The summed E-state index contributed by atoms with van der Waals surface area (Å²) in [5.74, 6) is -1.71. The van der Waals surface area contributed by atoms with E-state index in [0.29, 0.717) is 5.56 Å². The van der Waals surface area contributed by atoms with Crippen molar-refractivity contribution in [3.05, 3.63) is 35.4 Å². The number of hydrogen-bond acceptors (Lipinski definition) is 1. The van der Waals surface area contributed by atoms with Gasteiger partial charge in [-0.25, -0.2) is 0 Å². The topological polar surface area (TPSA) is 17.1 Å². The highest BCUT2D eigenvalue weighted by Gasteiger charge is 2.37. The maximum Gasteiger partial charge on any atom is 0.450 e. The second-order valence-electron chi connectivity index (χ2n) is 5.04. The largest absolute Gasteiger partial charge is 0.450 e. The van der Waals surface area contributed by atoms with Crippen LogP contribution in [0.3, 0.4) is 0 Å². The molecule has 0 radical (unpaired) electrons. The minimum Gasteiger partial charge on any atom is -0.289 e. The molecule has 0 aromatic heterocycles. The number of alkyl halides is 3. The van der Waals surface area contributed by atoms with Gasteiger partial charge < -0.3 is 0 Å². The predicted octanol–water partition coefficient (Wildman–Crippen LogP) is 3.66. The van der Waals surface area contributed by atoms with Crippen molar-refractivity contribution in [2.24, 2.45) is 0 Å². The molecule has 0 bridgehead atoms. The fraction of sp³-hybridized carbons (Fsp3) is 0.462. The molecule has 0 aliphatic carbocycles. The molecule has 94 valence electrons. The van der Waals surface area contributed by atoms with Gasteiger partial charge in [-0.1, -0.05) is 45.0 Å². The van der Waals surface area contributed by atoms with Gasteiger partial charge in [0, 0.05) is 6.42 Å². The van der Waals surface area contributed by atoms with E-state index in [1.165, 1.54) is 0 Å². The van der Waals surface area contributed by atoms with Crippen LogP contribution >= 0.6 is 0 Å². The van der Waals surface area contributed by atoms with E-state index in [1.54, 1.807) is 24.3 Å². The van der Waals surface area contributed by atoms with Crippen molar-refractivity contribution in [3.63, 3.8) is 0 Å². The lowest BCUT2D eigenvalue weighted by atomic mass is 9.86. The highest BCUT2D eigenvalue weighted by Crippen LogP contribution is 2.23. The SMILES string of the molecule is CC(C)(C)c1ccc(CC(=O)C(F)(F)F)cc1. The van der Waals surface area contributed by atoms with Crippen LogP contribution in [0.2, 0.25) is 0 Å². The van der Waals surface area contributed by atoms with Gasteiger partial charge in [0.25, 0.3) is 0 Å². The highest BCUT2D eigenvalue weighted by molar-refractivity contribution is 5.86. The molecule has 0 fully saturated rings. The van der Waals surface area contributed by atoms with E-state index in [9.17, 15) is 18.0 Å². The molecule has 0 aliphatic rings. The van der Waals surface area contributed by atoms with Gasteiger partial charge in [0.2, 0.25) is 5.78 Å². The lowest BCUT2D eigenvalue weighted by molar-refractivity contribution is -0.170. The molecule has 0 saturated carbocycles. The van der Waals surface area contributed by atoms with Gasteiger partial charge in [-0.2, -0.15) is 13.2 Å². The van der Waals surface area contributed by atoms with Gasteiger partial charge in [0.05, 0.1) is 0 Å². The lowest BCUT2D eigenvalue weighted by Crippen LogP contribution is -2.24. The Bertz CT molecular complexity index is 396. The Labute approximate surface area is 98.6 Å². The van der Waals surface area contributed by atoms with Crippen LogP contribution < -0.4 is 0 Å². The molecule has 1 aromatic rings. The van der Waals surface area contributed by atoms with Crippen LogP contribution in [0.15, 0.2) is 24.3 Å². The molecule has 0 N–H and O–H groups in total. The molecule has 0 saturated heterocycles. The van der Waals surface area contributed by atoms with E-state index in [2.05, 4.69) is 0 Å². The summed E-state index contributed by atoms with van der Waals surface area (Å²) >= 11 is 0. The van der Waals surface area contributed by atoms with Crippen molar-refractivity contribution in [1.29, 1.82) is 0 Å². The highest BCUT2D eigenvalue weighted by atomic mass is 19.4. The summed E-state index contributed by atoms with van der Waals surface area (Å²) in [5.41, 5.74) is 1.37. The molecule has 17 heavy (non-hydrogen) atoms. The molecule has 0 unspecified atom stereocenters. The first kappa shape index (κ1) is 13.7. The molecule has 0 heterocycles. The minimum atomic E-state index is -4.75. The molecule has 1 rings (SSSR count). The first-order valence-electron chi connectivity index (χ1n) is 5.30. The second kappa shape index (κ2) is 4.51. The van der Waals surface area contributed by atoms with Crippen LogP contribution in [-0.4, -0.2) is 12.0 Å². The Morgan fingerprint density at radius 3 is 1.88 bits per heavy atom. The Balaban J connectivity index is 2.80. The van der Waals surface area contributed by atoms with Crippen LogP contribution in [0, 0.1) is 0 Å². The minimum absolute atomic E-state index is 0.0490. The predicted molar refractivity (Wildman–Crippen MR) is 59.9 cm³/mol. The average Bonchev–Trinajstić information content (AvgIpc) is 2.15. The number of benzene rings is 1. The van der Waals surface area contributed by atoms with Crippen molar-refractivity contribution in [1.82, 2.24) is 0 Å². The van der Waals surface area contributed by atoms with E-state index in [0.717, 1.165) is 5.56 Å². The Hall–Kier alpha value is -1.32. The summed E-state index contributed by atoms with van der Waals surface area (Å²) in [6, 6.07) is 6.67. The molecular formula is C13H15F3O. The molecule has 0 amide bonds. The van der Waals surface area contributed by atoms with Crippen LogP contribution in [0.5, 0.6) is 0 Å². The first-order valence-corrected chi connectivity index (χ1v) is 5.30. The van der Waals surface area contributed by atoms with E-state index >= 15 is 0 Å². The van der Waals surface area contributed by atoms with Gasteiger partial charge >= 0.3 is 6.18 Å². The van der Waals surface area contributed by atoms with E-state index in [-0.39, 0.29) is 5.41 Å². The molecule has 0 atom stereocenters. The summed E-state index contributed by atoms with van der Waals surface area (Å²) in [7, 11) is 0. The summed E-state index contributed by atoms with van der Waals surface area (Å²) in [6.45, 7) is 6.05. The van der Waals surface area contributed by atoms with Gasteiger partial charge in [0.15, 0.2) is 0 Å². The maximum atomic E-state index is 12.1. The average molecular weight is 244 g/mol. The fourth-order valence-electron chi connectivity index (χ4n) is 1.41. The third-order valence-electron chi connectivity index (χ3n) is 2.50. The Morgan fingerprint density at radius 2 is 1.53 bits per heavy atom. The molecule has 0 aliphatic heterocycles. The number of ketones is 1. The summed E-state index contributed by atoms with van der Waals surface area (Å²) < 4.78 is 36.2. The number of halogens is 3. The standard InChI is InChI=1S/C13H15F3O/c1-12(2,3)10-6-4-9(5-7-10)8-11(17)13(14,15)16/h4-7H,8H2,1-3H3. The summed E-state index contributed by atoms with van der Waals surface area (Å²) in [4.78, 5) is 10.8. The smallest absolute Gasteiger partial charge is 0.289 e. The van der Waals surface area contributed by atoms with E-state index in [4.69, 9.17) is 0 Å². The van der Waals surface area contributed by atoms with E-state index < -0.39 is 18.4 Å². The molecule has 1 nitrogen and oxygen atoms in total. The summed E-state index contributed by atoms with van der Waals surface area (Å²) in [5, 5.41) is 0. The number of hydrogen-bond donors (Lipinski definition) is 0. The fourth-order valence-corrected chi connectivity index (χ4v) is 1.41. The van der Waals surface area contributed by atoms with Gasteiger partial charge in [0.1, 0.15) is 0 Å². The monoisotopic (exact) mass is 244 g/mol. The molecule has 0 spiro atoms. The third-order valence-corrected chi connectivity index (χ3v) is 2.50. The van der Waals surface area contributed by atoms with Crippen molar-refractivity contribution in [2.45, 2.75) is 38.8 Å². The van der Waals surface area contributed by atoms with E-state index in [1.807, 2.05) is 20.8 Å². The van der Waals surface area contributed by atoms with Gasteiger partial charge in [-0.3, -0.25) is 4.79 Å². The van der Waals surface area contributed by atoms with Gasteiger partial charge in [-0.15, -0.1) is 0 Å². The third kappa shape index (κ3) is 3.88. The zero-order valence-electron chi connectivity index (χ0n) is 10.1. The maximum absolute atomic E-state index is 12.1. The zero-order chi connectivity index (χ0) is 13.3. The Kier molecular flexibility index (Phi) is 3.65. The summed E-state index contributed by atoms with van der Waals surface area (Å²) in [6.07, 6.45) is -5.34. The first-order chi connectivity index (χ1) is 7.60. The molecular weight excluding hydrogens is 229 g/mol. The van der Waals surface area contributed by atoms with Crippen molar-refractivity contribution in [2.75, 3.05) is 0 Å². The number of carbonyl (C=O) groups excluding carboxylic acids is 1. The van der Waals surface area contributed by atoms with Crippen molar-refractivity contribution >= 4 is 5.78 Å². The quantitative estimate of drug-likeness (QED) is 0.776. The van der Waals surface area contributed by atoms with Crippen molar-refractivity contribution < 1.29 is 18.0 Å².